The molecule has 92 valence electrons. The van der Waals surface area contributed by atoms with Crippen LogP contribution in [0.1, 0.15) is 0 Å². The Labute approximate surface area is 109 Å². The number of aromatic nitrogens is 2. The zero-order chi connectivity index (χ0) is 13.1. The minimum atomic E-state index is 0.350. The number of hydrogen-bond acceptors (Lipinski definition) is 5. The Balaban J connectivity index is 1.94. The second-order valence-corrected chi connectivity index (χ2v) is 4.05. The fourth-order valence-corrected chi connectivity index (χ4v) is 1.85. The molecule has 2 aromatic heterocycles. The highest BCUT2D eigenvalue weighted by Gasteiger charge is 2.00. The van der Waals surface area contributed by atoms with Crippen LogP contribution in [-0.4, -0.2) is 9.97 Å². The summed E-state index contributed by atoms with van der Waals surface area (Å²) < 4.78 is 0. The summed E-state index contributed by atoms with van der Waals surface area (Å²) in [6.07, 6.45) is 5.11. The van der Waals surface area contributed by atoms with E-state index in [1.54, 1.807) is 24.5 Å². The molecular formula is C14H10N4O. The third kappa shape index (κ3) is 2.40. The molecule has 0 radical (unpaired) electrons. The molecule has 0 aliphatic heterocycles. The molecule has 0 atom stereocenters. The van der Waals surface area contributed by atoms with Gasteiger partial charge in [0, 0.05) is 35.7 Å². The zero-order valence-corrected chi connectivity index (χ0v) is 9.95. The highest BCUT2D eigenvalue weighted by atomic mass is 16.3. The van der Waals surface area contributed by atoms with Gasteiger partial charge in [-0.05, 0) is 34.8 Å². The fraction of sp³-hybridized carbons (Fsp3) is 0. The van der Waals surface area contributed by atoms with Crippen LogP contribution < -0.4 is 5.32 Å². The lowest BCUT2D eigenvalue weighted by molar-refractivity contribution is 1.29. The summed E-state index contributed by atoms with van der Waals surface area (Å²) in [4.78, 5) is 18.7. The van der Waals surface area contributed by atoms with Crippen LogP contribution in [0.3, 0.4) is 0 Å². The molecule has 19 heavy (non-hydrogen) atoms. The maximum Gasteiger partial charge on any atom is 0.132 e. The van der Waals surface area contributed by atoms with Gasteiger partial charge in [0.25, 0.3) is 0 Å². The van der Waals surface area contributed by atoms with Crippen molar-refractivity contribution in [2.75, 3.05) is 5.32 Å². The van der Waals surface area contributed by atoms with Crippen LogP contribution in [0.25, 0.3) is 10.8 Å². The van der Waals surface area contributed by atoms with Crippen molar-refractivity contribution >= 4 is 28.0 Å². The van der Waals surface area contributed by atoms with Gasteiger partial charge in [-0.3, -0.25) is 4.98 Å². The number of pyridine rings is 2. The van der Waals surface area contributed by atoms with Gasteiger partial charge in [0.1, 0.15) is 11.5 Å². The minimum Gasteiger partial charge on any atom is -0.340 e. The van der Waals surface area contributed by atoms with Gasteiger partial charge in [-0.1, -0.05) is 6.07 Å². The Hall–Kier alpha value is -2.82. The largest absolute Gasteiger partial charge is 0.340 e. The number of hydrogen-bond donors (Lipinski definition) is 1. The van der Waals surface area contributed by atoms with Crippen molar-refractivity contribution in [3.05, 3.63) is 59.9 Å². The molecule has 1 N–H and O–H groups in total. The predicted molar refractivity (Wildman–Crippen MR) is 74.7 cm³/mol. The molecular weight excluding hydrogens is 240 g/mol. The van der Waals surface area contributed by atoms with Gasteiger partial charge in [-0.2, -0.15) is 0 Å². The third-order valence-corrected chi connectivity index (χ3v) is 2.76. The molecule has 5 heteroatoms. The Morgan fingerprint density at radius 3 is 2.84 bits per heavy atom. The third-order valence-electron chi connectivity index (χ3n) is 2.76. The van der Waals surface area contributed by atoms with Crippen molar-refractivity contribution in [2.45, 2.75) is 0 Å². The van der Waals surface area contributed by atoms with E-state index >= 15 is 0 Å². The quantitative estimate of drug-likeness (QED) is 0.718. The maximum absolute atomic E-state index is 10.5. The molecule has 1 aromatic carbocycles. The van der Waals surface area contributed by atoms with Crippen molar-refractivity contribution in [1.82, 2.24) is 9.97 Å². The Morgan fingerprint density at radius 1 is 1.00 bits per heavy atom. The first-order valence-corrected chi connectivity index (χ1v) is 5.75. The SMILES string of the molecule is O=Nc1ccnc(Nc2ccc3cnccc3c2)c1. The van der Waals surface area contributed by atoms with Crippen molar-refractivity contribution < 1.29 is 0 Å². The van der Waals surface area contributed by atoms with E-state index in [1.807, 2.05) is 30.5 Å². The number of rotatable bonds is 3. The molecule has 0 aliphatic carbocycles. The molecule has 0 amide bonds. The topological polar surface area (TPSA) is 67.2 Å². The molecule has 0 aliphatic rings. The highest BCUT2D eigenvalue weighted by Crippen LogP contribution is 2.22. The number of fused-ring (bicyclic) bond motifs is 1. The second kappa shape index (κ2) is 4.81. The minimum absolute atomic E-state index is 0.350. The van der Waals surface area contributed by atoms with Gasteiger partial charge in [-0.25, -0.2) is 4.98 Å². The van der Waals surface area contributed by atoms with Crippen molar-refractivity contribution in [2.24, 2.45) is 5.18 Å². The Bertz CT molecular complexity index is 742. The molecule has 0 saturated carbocycles. The van der Waals surface area contributed by atoms with E-state index in [4.69, 9.17) is 0 Å². The van der Waals surface area contributed by atoms with Crippen LogP contribution in [0, 0.1) is 4.91 Å². The summed E-state index contributed by atoms with van der Waals surface area (Å²) in [5.74, 6) is 0.588. The summed E-state index contributed by atoms with van der Waals surface area (Å²) in [7, 11) is 0. The summed E-state index contributed by atoms with van der Waals surface area (Å²) in [6.45, 7) is 0. The molecule has 0 unspecified atom stereocenters. The number of nitrogens with zero attached hydrogens (tertiary/aromatic N) is 3. The summed E-state index contributed by atoms with van der Waals surface area (Å²) in [6, 6.07) is 11.0. The monoisotopic (exact) mass is 250 g/mol. The first-order valence-electron chi connectivity index (χ1n) is 5.75. The molecule has 2 heterocycles. The highest BCUT2D eigenvalue weighted by molar-refractivity contribution is 5.85. The molecule has 0 spiro atoms. The van der Waals surface area contributed by atoms with E-state index in [0.717, 1.165) is 16.5 Å². The van der Waals surface area contributed by atoms with Gasteiger partial charge in [-0.15, -0.1) is 4.91 Å². The number of nitrogens with one attached hydrogen (secondary N) is 1. The van der Waals surface area contributed by atoms with Gasteiger partial charge >= 0.3 is 0 Å². The van der Waals surface area contributed by atoms with Gasteiger partial charge in [0.05, 0.1) is 0 Å². The van der Waals surface area contributed by atoms with Crippen LogP contribution in [0.5, 0.6) is 0 Å². The van der Waals surface area contributed by atoms with Crippen LogP contribution in [-0.2, 0) is 0 Å². The smallest absolute Gasteiger partial charge is 0.132 e. The number of anilines is 2. The Kier molecular flexibility index (Phi) is 2.86. The lowest BCUT2D eigenvalue weighted by atomic mass is 10.1. The lowest BCUT2D eigenvalue weighted by Crippen LogP contribution is -1.92. The molecule has 0 fully saturated rings. The van der Waals surface area contributed by atoms with Crippen LogP contribution >= 0.6 is 0 Å². The van der Waals surface area contributed by atoms with Crippen LogP contribution in [0.4, 0.5) is 17.2 Å². The predicted octanol–water partition coefficient (Wildman–Crippen LogP) is 3.77. The Morgan fingerprint density at radius 2 is 1.95 bits per heavy atom. The van der Waals surface area contributed by atoms with E-state index in [9.17, 15) is 4.91 Å². The van der Waals surface area contributed by atoms with E-state index < -0.39 is 0 Å². The lowest BCUT2D eigenvalue weighted by Gasteiger charge is -2.06. The number of nitroso groups, excluding NO2 is 1. The summed E-state index contributed by atoms with van der Waals surface area (Å²) in [5.41, 5.74) is 1.25. The fourth-order valence-electron chi connectivity index (χ4n) is 1.85. The van der Waals surface area contributed by atoms with E-state index in [2.05, 4.69) is 20.5 Å². The standard InChI is InChI=1S/C14H10N4O/c19-18-13-4-6-16-14(8-13)17-12-2-1-11-9-15-5-3-10(11)7-12/h1-9H,(H,16,17). The van der Waals surface area contributed by atoms with Crippen molar-refractivity contribution in [1.29, 1.82) is 0 Å². The maximum atomic E-state index is 10.5. The van der Waals surface area contributed by atoms with Gasteiger partial charge in [0.2, 0.25) is 0 Å². The van der Waals surface area contributed by atoms with Gasteiger partial charge < -0.3 is 5.32 Å². The molecule has 0 saturated heterocycles. The molecule has 5 nitrogen and oxygen atoms in total. The van der Waals surface area contributed by atoms with Crippen molar-refractivity contribution in [3.8, 4) is 0 Å². The zero-order valence-electron chi connectivity index (χ0n) is 9.95. The first-order chi connectivity index (χ1) is 9.35. The summed E-state index contributed by atoms with van der Waals surface area (Å²) >= 11 is 0. The van der Waals surface area contributed by atoms with Crippen molar-refractivity contribution in [3.63, 3.8) is 0 Å². The van der Waals surface area contributed by atoms with Gasteiger partial charge in [0.15, 0.2) is 0 Å². The first kappa shape index (κ1) is 11.3. The number of benzene rings is 1. The molecule has 0 bridgehead atoms. The van der Waals surface area contributed by atoms with E-state index in [0.29, 0.717) is 11.5 Å². The summed E-state index contributed by atoms with van der Waals surface area (Å²) in [5, 5.41) is 8.19. The average Bonchev–Trinajstić information content (AvgIpc) is 2.47. The molecule has 3 rings (SSSR count). The van der Waals surface area contributed by atoms with E-state index in [1.165, 1.54) is 0 Å². The van der Waals surface area contributed by atoms with Crippen LogP contribution in [0.2, 0.25) is 0 Å². The second-order valence-electron chi connectivity index (χ2n) is 4.05. The average molecular weight is 250 g/mol. The van der Waals surface area contributed by atoms with Crippen LogP contribution in [0.15, 0.2) is 60.2 Å². The molecule has 3 aromatic rings. The normalized spacial score (nSPS) is 10.3. The van der Waals surface area contributed by atoms with E-state index in [-0.39, 0.29) is 0 Å².